The molecule has 0 amide bonds. The molecular weight excluding hydrogens is 232 g/mol. The van der Waals surface area contributed by atoms with Gasteiger partial charge in [0.05, 0.1) is 0 Å². The first kappa shape index (κ1) is 12.4. The van der Waals surface area contributed by atoms with E-state index in [9.17, 15) is 4.79 Å². The molecule has 6 heteroatoms. The van der Waals surface area contributed by atoms with Crippen molar-refractivity contribution in [2.75, 3.05) is 0 Å². The third-order valence-electron chi connectivity index (χ3n) is 1.84. The molecule has 0 saturated heterocycles. The van der Waals surface area contributed by atoms with E-state index in [1.165, 1.54) is 23.3 Å². The minimum atomic E-state index is -0.789. The average molecular weight is 246 g/mol. The van der Waals surface area contributed by atoms with Crippen LogP contribution in [0.1, 0.15) is 26.6 Å². The summed E-state index contributed by atoms with van der Waals surface area (Å²) < 4.78 is 4.87. The van der Waals surface area contributed by atoms with E-state index < -0.39 is 11.2 Å². The first-order chi connectivity index (χ1) is 7.04. The quantitative estimate of drug-likeness (QED) is 0.808. The monoisotopic (exact) mass is 246 g/mol. The Morgan fingerprint density at radius 3 is 2.67 bits per heavy atom. The molecule has 1 N–H and O–H groups in total. The van der Waals surface area contributed by atoms with E-state index in [4.69, 9.17) is 5.11 Å². The molecular formula is C9H14N2O2S2. The van der Waals surface area contributed by atoms with Crippen LogP contribution in [-0.2, 0) is 11.2 Å². The van der Waals surface area contributed by atoms with Gasteiger partial charge in [0.1, 0.15) is 11.1 Å². The number of aliphatic carboxylic acids is 1. The van der Waals surface area contributed by atoms with Crippen molar-refractivity contribution in [2.45, 2.75) is 36.8 Å². The Morgan fingerprint density at radius 1 is 1.60 bits per heavy atom. The van der Waals surface area contributed by atoms with Crippen LogP contribution in [0.15, 0.2) is 4.34 Å². The van der Waals surface area contributed by atoms with Gasteiger partial charge in [0.15, 0.2) is 4.34 Å². The molecule has 84 valence electrons. The van der Waals surface area contributed by atoms with Crippen molar-refractivity contribution < 1.29 is 9.90 Å². The zero-order chi connectivity index (χ0) is 11.4. The topological polar surface area (TPSA) is 63.1 Å². The van der Waals surface area contributed by atoms with Crippen molar-refractivity contribution in [2.24, 2.45) is 5.92 Å². The van der Waals surface area contributed by atoms with Gasteiger partial charge in [-0.1, -0.05) is 32.5 Å². The van der Waals surface area contributed by atoms with Gasteiger partial charge in [0.25, 0.3) is 0 Å². The van der Waals surface area contributed by atoms with Crippen LogP contribution in [0.25, 0.3) is 0 Å². The van der Waals surface area contributed by atoms with E-state index in [-0.39, 0.29) is 5.92 Å². The molecule has 0 aliphatic carbocycles. The average Bonchev–Trinajstić information content (AvgIpc) is 2.60. The Kier molecular flexibility index (Phi) is 4.53. The Labute approximate surface area is 97.3 Å². The predicted octanol–water partition coefficient (Wildman–Crippen LogP) is 2.30. The van der Waals surface area contributed by atoms with Crippen molar-refractivity contribution in [3.05, 3.63) is 5.82 Å². The zero-order valence-electron chi connectivity index (χ0n) is 8.93. The van der Waals surface area contributed by atoms with E-state index in [1.807, 2.05) is 20.8 Å². The molecule has 1 rings (SSSR count). The van der Waals surface area contributed by atoms with Gasteiger partial charge >= 0.3 is 5.97 Å². The van der Waals surface area contributed by atoms with Crippen LogP contribution in [0.4, 0.5) is 0 Å². The summed E-state index contributed by atoms with van der Waals surface area (Å²) in [5.41, 5.74) is 0. The summed E-state index contributed by atoms with van der Waals surface area (Å²) >= 11 is 2.56. The molecule has 1 atom stereocenters. The molecule has 4 nitrogen and oxygen atoms in total. The smallest absolute Gasteiger partial charge is 0.317 e. The van der Waals surface area contributed by atoms with Crippen molar-refractivity contribution in [1.82, 2.24) is 9.36 Å². The third kappa shape index (κ3) is 3.46. The van der Waals surface area contributed by atoms with E-state index in [0.717, 1.165) is 16.6 Å². The molecule has 0 aliphatic rings. The van der Waals surface area contributed by atoms with Gasteiger partial charge in [0, 0.05) is 6.42 Å². The summed E-state index contributed by atoms with van der Waals surface area (Å²) in [6.45, 7) is 5.77. The largest absolute Gasteiger partial charge is 0.480 e. The highest BCUT2D eigenvalue weighted by atomic mass is 32.2. The lowest BCUT2D eigenvalue weighted by Gasteiger charge is -2.12. The van der Waals surface area contributed by atoms with Crippen LogP contribution in [0.2, 0.25) is 0 Å². The molecule has 1 aromatic rings. The van der Waals surface area contributed by atoms with E-state index >= 15 is 0 Å². The molecule has 0 spiro atoms. The second-order valence-corrected chi connectivity index (χ2v) is 5.59. The minimum Gasteiger partial charge on any atom is -0.480 e. The summed E-state index contributed by atoms with van der Waals surface area (Å²) in [6.07, 6.45) is 0.788. The summed E-state index contributed by atoms with van der Waals surface area (Å²) in [7, 11) is 0. The first-order valence-corrected chi connectivity index (χ1v) is 6.42. The molecule has 0 bridgehead atoms. The fraction of sp³-hybridized carbons (Fsp3) is 0.667. The van der Waals surface area contributed by atoms with Gasteiger partial charge < -0.3 is 5.11 Å². The van der Waals surface area contributed by atoms with Crippen molar-refractivity contribution in [1.29, 1.82) is 0 Å². The molecule has 0 aliphatic heterocycles. The standard InChI is InChI=1S/C9H14N2O2S2/c1-4-6-10-9(15-11-6)14-7(5(2)3)8(12)13/h5,7H,4H2,1-3H3,(H,12,13). The van der Waals surface area contributed by atoms with Crippen LogP contribution in [0.5, 0.6) is 0 Å². The van der Waals surface area contributed by atoms with Gasteiger partial charge in [-0.25, -0.2) is 4.98 Å². The van der Waals surface area contributed by atoms with Gasteiger partial charge in [-0.3, -0.25) is 4.79 Å². The SMILES string of the molecule is CCc1nsc(SC(C(=O)O)C(C)C)n1. The molecule has 1 unspecified atom stereocenters. The lowest BCUT2D eigenvalue weighted by molar-refractivity contribution is -0.137. The van der Waals surface area contributed by atoms with Crippen LogP contribution in [0.3, 0.4) is 0 Å². The number of thioether (sulfide) groups is 1. The van der Waals surface area contributed by atoms with E-state index in [2.05, 4.69) is 9.36 Å². The molecule has 0 fully saturated rings. The van der Waals surface area contributed by atoms with Crippen LogP contribution in [-0.4, -0.2) is 25.7 Å². The highest BCUT2D eigenvalue weighted by molar-refractivity contribution is 8.02. The Hall–Kier alpha value is -0.620. The normalized spacial score (nSPS) is 13.1. The van der Waals surface area contributed by atoms with Crippen molar-refractivity contribution in [3.8, 4) is 0 Å². The van der Waals surface area contributed by atoms with Gasteiger partial charge in [-0.15, -0.1) is 0 Å². The maximum absolute atomic E-state index is 11.0. The Bertz CT molecular complexity index is 339. The Morgan fingerprint density at radius 2 is 2.27 bits per heavy atom. The third-order valence-corrected chi connectivity index (χ3v) is 4.20. The maximum atomic E-state index is 11.0. The molecule has 0 saturated carbocycles. The number of rotatable bonds is 5. The minimum absolute atomic E-state index is 0.0847. The van der Waals surface area contributed by atoms with Crippen LogP contribution in [0, 0.1) is 5.92 Å². The summed E-state index contributed by atoms with van der Waals surface area (Å²) in [5.74, 6) is 0.0834. The summed E-state index contributed by atoms with van der Waals surface area (Å²) in [6, 6.07) is 0. The molecule has 0 aromatic carbocycles. The number of hydrogen-bond acceptors (Lipinski definition) is 5. The van der Waals surface area contributed by atoms with E-state index in [0.29, 0.717) is 0 Å². The number of hydrogen-bond donors (Lipinski definition) is 1. The number of nitrogens with zero attached hydrogens (tertiary/aromatic N) is 2. The highest BCUT2D eigenvalue weighted by Crippen LogP contribution is 2.29. The fourth-order valence-corrected chi connectivity index (χ4v) is 2.85. The maximum Gasteiger partial charge on any atom is 0.317 e. The predicted molar refractivity (Wildman–Crippen MR) is 61.4 cm³/mol. The van der Waals surface area contributed by atoms with Gasteiger partial charge in [-0.2, -0.15) is 4.37 Å². The summed E-state index contributed by atoms with van der Waals surface area (Å²) in [5, 5.41) is 8.56. The zero-order valence-corrected chi connectivity index (χ0v) is 10.6. The second kappa shape index (κ2) is 5.46. The van der Waals surface area contributed by atoms with Gasteiger partial charge in [0.2, 0.25) is 0 Å². The molecule has 0 radical (unpaired) electrons. The number of carbonyl (C=O) groups is 1. The van der Waals surface area contributed by atoms with E-state index in [1.54, 1.807) is 0 Å². The number of aromatic nitrogens is 2. The fourth-order valence-electron chi connectivity index (χ4n) is 1.01. The first-order valence-electron chi connectivity index (χ1n) is 4.76. The van der Waals surface area contributed by atoms with Gasteiger partial charge in [-0.05, 0) is 17.5 Å². The second-order valence-electron chi connectivity index (χ2n) is 3.45. The van der Waals surface area contributed by atoms with Crippen molar-refractivity contribution in [3.63, 3.8) is 0 Å². The van der Waals surface area contributed by atoms with Crippen LogP contribution < -0.4 is 0 Å². The number of carboxylic acid groups (broad SMARTS) is 1. The Balaban J connectivity index is 2.69. The number of aryl methyl sites for hydroxylation is 1. The van der Waals surface area contributed by atoms with Crippen molar-refractivity contribution >= 4 is 29.3 Å². The summed E-state index contributed by atoms with van der Waals surface area (Å²) in [4.78, 5) is 15.2. The van der Waals surface area contributed by atoms with Crippen LogP contribution >= 0.6 is 23.3 Å². The number of carboxylic acids is 1. The molecule has 1 aromatic heterocycles. The lowest BCUT2D eigenvalue weighted by Crippen LogP contribution is -2.22. The molecule has 1 heterocycles. The molecule has 15 heavy (non-hydrogen) atoms. The lowest BCUT2D eigenvalue weighted by atomic mass is 10.1. The highest BCUT2D eigenvalue weighted by Gasteiger charge is 2.24.